The highest BCUT2D eigenvalue weighted by Crippen LogP contribution is 2.31. The Balaban J connectivity index is 1.89. The molecule has 0 heterocycles. The quantitative estimate of drug-likeness (QED) is 0.644. The largest absolute Gasteiger partial charge is 0.373 e. The number of nitro groups is 1. The Morgan fingerprint density at radius 2 is 2.26 bits per heavy atom. The third kappa shape index (κ3) is 3.65. The molecule has 1 aliphatic carbocycles. The molecule has 0 bridgehead atoms. The first kappa shape index (κ1) is 14.2. The molecule has 0 saturated heterocycles. The summed E-state index contributed by atoms with van der Waals surface area (Å²) in [7, 11) is 1.93. The van der Waals surface area contributed by atoms with Crippen LogP contribution in [0, 0.1) is 16.0 Å². The van der Waals surface area contributed by atoms with Crippen LogP contribution >= 0.6 is 11.6 Å². The van der Waals surface area contributed by atoms with Crippen LogP contribution in [0.2, 0.25) is 5.02 Å². The molecule has 1 fully saturated rings. The van der Waals surface area contributed by atoms with Gasteiger partial charge in [-0.15, -0.1) is 0 Å². The molecular weight excluding hydrogens is 268 g/mol. The molecule has 104 valence electrons. The maximum Gasteiger partial charge on any atom is 0.275 e. The number of halogens is 1. The molecule has 6 heteroatoms. The van der Waals surface area contributed by atoms with E-state index in [0.717, 1.165) is 19.4 Å². The van der Waals surface area contributed by atoms with Crippen molar-refractivity contribution in [2.45, 2.75) is 25.6 Å². The number of benzene rings is 1. The molecular formula is C13H17ClN2O3. The van der Waals surface area contributed by atoms with Crippen LogP contribution in [0.25, 0.3) is 0 Å². The standard InChI is InChI=1S/C13H17ClN2O3/c1-15-7-9-4-12(5-9)19-8-10-6-11(14)2-3-13(10)16(17)18/h2-3,6,9,12,15H,4-5,7-8H2,1H3. The van der Waals surface area contributed by atoms with Crippen LogP contribution in [-0.4, -0.2) is 24.6 Å². The monoisotopic (exact) mass is 284 g/mol. The highest BCUT2D eigenvalue weighted by Gasteiger charge is 2.29. The van der Waals surface area contributed by atoms with Gasteiger partial charge in [-0.2, -0.15) is 0 Å². The second-order valence-corrected chi connectivity index (χ2v) is 5.29. The Morgan fingerprint density at radius 1 is 1.53 bits per heavy atom. The van der Waals surface area contributed by atoms with Crippen LogP contribution < -0.4 is 5.32 Å². The lowest BCUT2D eigenvalue weighted by Gasteiger charge is -2.35. The van der Waals surface area contributed by atoms with E-state index in [4.69, 9.17) is 16.3 Å². The summed E-state index contributed by atoms with van der Waals surface area (Å²) in [5.41, 5.74) is 0.602. The molecule has 0 radical (unpaired) electrons. The molecule has 0 amide bonds. The predicted molar refractivity (Wildman–Crippen MR) is 73.3 cm³/mol. The lowest BCUT2D eigenvalue weighted by Crippen LogP contribution is -2.36. The molecule has 0 atom stereocenters. The fourth-order valence-electron chi connectivity index (χ4n) is 2.32. The number of nitro benzene ring substituents is 1. The van der Waals surface area contributed by atoms with Crippen molar-refractivity contribution in [3.63, 3.8) is 0 Å². The SMILES string of the molecule is CNCC1CC(OCc2cc(Cl)ccc2[N+](=O)[O-])C1. The Morgan fingerprint density at radius 3 is 2.89 bits per heavy atom. The zero-order chi connectivity index (χ0) is 13.8. The number of hydrogen-bond acceptors (Lipinski definition) is 4. The van der Waals surface area contributed by atoms with Gasteiger partial charge in [-0.25, -0.2) is 0 Å². The topological polar surface area (TPSA) is 64.4 Å². The third-order valence-electron chi connectivity index (χ3n) is 3.40. The third-order valence-corrected chi connectivity index (χ3v) is 3.63. The summed E-state index contributed by atoms with van der Waals surface area (Å²) in [6, 6.07) is 4.55. The van der Waals surface area contributed by atoms with Gasteiger partial charge in [-0.1, -0.05) is 11.6 Å². The van der Waals surface area contributed by atoms with Crippen molar-refractivity contribution in [2.75, 3.05) is 13.6 Å². The minimum absolute atomic E-state index is 0.0653. The Bertz CT molecular complexity index is 461. The van der Waals surface area contributed by atoms with Gasteiger partial charge in [0.25, 0.3) is 5.69 Å². The average Bonchev–Trinajstić information content (AvgIpc) is 2.31. The molecule has 2 rings (SSSR count). The van der Waals surface area contributed by atoms with Gasteiger partial charge < -0.3 is 10.1 Å². The van der Waals surface area contributed by atoms with Gasteiger partial charge in [0, 0.05) is 11.1 Å². The van der Waals surface area contributed by atoms with Crippen molar-refractivity contribution in [2.24, 2.45) is 5.92 Å². The van der Waals surface area contributed by atoms with Crippen LogP contribution in [0.3, 0.4) is 0 Å². The molecule has 0 aliphatic heterocycles. The maximum absolute atomic E-state index is 10.9. The highest BCUT2D eigenvalue weighted by molar-refractivity contribution is 6.30. The minimum Gasteiger partial charge on any atom is -0.373 e. The van der Waals surface area contributed by atoms with E-state index in [9.17, 15) is 10.1 Å². The van der Waals surface area contributed by atoms with E-state index < -0.39 is 4.92 Å². The molecule has 1 aromatic carbocycles. The fourth-order valence-corrected chi connectivity index (χ4v) is 2.52. The van der Waals surface area contributed by atoms with Crippen molar-refractivity contribution in [3.8, 4) is 0 Å². The van der Waals surface area contributed by atoms with Gasteiger partial charge >= 0.3 is 0 Å². The minimum atomic E-state index is -0.403. The van der Waals surface area contributed by atoms with Crippen LogP contribution in [0.4, 0.5) is 5.69 Å². The summed E-state index contributed by atoms with van der Waals surface area (Å²) in [6.45, 7) is 1.24. The van der Waals surface area contributed by atoms with Crippen molar-refractivity contribution in [3.05, 3.63) is 38.9 Å². The van der Waals surface area contributed by atoms with Crippen LogP contribution in [0.15, 0.2) is 18.2 Å². The number of nitrogens with one attached hydrogen (secondary N) is 1. The van der Waals surface area contributed by atoms with Crippen molar-refractivity contribution in [1.82, 2.24) is 5.32 Å². The number of hydrogen-bond donors (Lipinski definition) is 1. The van der Waals surface area contributed by atoms with E-state index in [1.807, 2.05) is 7.05 Å². The molecule has 5 nitrogen and oxygen atoms in total. The summed E-state index contributed by atoms with van der Waals surface area (Å²) in [6.07, 6.45) is 2.22. The van der Waals surface area contributed by atoms with Gasteiger partial charge in [0.1, 0.15) is 0 Å². The Labute approximate surface area is 117 Å². The average molecular weight is 285 g/mol. The Hall–Kier alpha value is -1.17. The lowest BCUT2D eigenvalue weighted by molar-refractivity contribution is -0.386. The normalized spacial score (nSPS) is 22.0. The van der Waals surface area contributed by atoms with Crippen molar-refractivity contribution < 1.29 is 9.66 Å². The molecule has 1 N–H and O–H groups in total. The van der Waals surface area contributed by atoms with E-state index in [0.29, 0.717) is 16.5 Å². The van der Waals surface area contributed by atoms with Crippen LogP contribution in [-0.2, 0) is 11.3 Å². The van der Waals surface area contributed by atoms with Crippen molar-refractivity contribution >= 4 is 17.3 Å². The number of nitrogens with zero attached hydrogens (tertiary/aromatic N) is 1. The maximum atomic E-state index is 10.9. The summed E-state index contributed by atoms with van der Waals surface area (Å²) < 4.78 is 5.70. The predicted octanol–water partition coefficient (Wildman–Crippen LogP) is 2.76. The Kier molecular flexibility index (Phi) is 4.74. The van der Waals surface area contributed by atoms with Gasteiger partial charge in [-0.05, 0) is 44.5 Å². The molecule has 0 spiro atoms. The second kappa shape index (κ2) is 6.32. The molecule has 0 unspecified atom stereocenters. The first-order chi connectivity index (χ1) is 9.10. The summed E-state index contributed by atoms with van der Waals surface area (Å²) >= 11 is 5.86. The van der Waals surface area contributed by atoms with Gasteiger partial charge in [-0.3, -0.25) is 10.1 Å². The van der Waals surface area contributed by atoms with E-state index in [-0.39, 0.29) is 18.4 Å². The van der Waals surface area contributed by atoms with Crippen LogP contribution in [0.1, 0.15) is 18.4 Å². The number of ether oxygens (including phenoxy) is 1. The smallest absolute Gasteiger partial charge is 0.275 e. The fraction of sp³-hybridized carbons (Fsp3) is 0.538. The van der Waals surface area contributed by atoms with E-state index in [2.05, 4.69) is 5.32 Å². The summed E-state index contributed by atoms with van der Waals surface area (Å²) in [5, 5.41) is 14.5. The van der Waals surface area contributed by atoms with Gasteiger partial charge in [0.15, 0.2) is 0 Å². The van der Waals surface area contributed by atoms with E-state index >= 15 is 0 Å². The van der Waals surface area contributed by atoms with Gasteiger partial charge in [0.05, 0.1) is 23.2 Å². The first-order valence-electron chi connectivity index (χ1n) is 6.29. The van der Waals surface area contributed by atoms with E-state index in [1.54, 1.807) is 6.07 Å². The molecule has 1 aliphatic rings. The van der Waals surface area contributed by atoms with Crippen molar-refractivity contribution in [1.29, 1.82) is 0 Å². The summed E-state index contributed by atoms with van der Waals surface area (Å²) in [4.78, 5) is 10.5. The molecule has 1 aromatic rings. The van der Waals surface area contributed by atoms with Gasteiger partial charge in [0.2, 0.25) is 0 Å². The second-order valence-electron chi connectivity index (χ2n) is 4.86. The van der Waals surface area contributed by atoms with Crippen LogP contribution in [0.5, 0.6) is 0 Å². The molecule has 1 saturated carbocycles. The highest BCUT2D eigenvalue weighted by atomic mass is 35.5. The molecule has 0 aromatic heterocycles. The lowest BCUT2D eigenvalue weighted by atomic mass is 9.82. The number of rotatable bonds is 6. The summed E-state index contributed by atoms with van der Waals surface area (Å²) in [5.74, 6) is 0.657. The zero-order valence-corrected chi connectivity index (χ0v) is 11.5. The van der Waals surface area contributed by atoms with E-state index in [1.165, 1.54) is 12.1 Å². The first-order valence-corrected chi connectivity index (χ1v) is 6.67. The molecule has 19 heavy (non-hydrogen) atoms. The zero-order valence-electron chi connectivity index (χ0n) is 10.8.